The topological polar surface area (TPSA) is 98.5 Å². The molecule has 1 fully saturated rings. The van der Waals surface area contributed by atoms with Crippen molar-refractivity contribution >= 4 is 29.2 Å². The lowest BCUT2D eigenvalue weighted by Gasteiger charge is -2.29. The highest BCUT2D eigenvalue weighted by atomic mass is 16.5. The van der Waals surface area contributed by atoms with Gasteiger partial charge in [0, 0.05) is 42.8 Å². The largest absolute Gasteiger partial charge is 0.400 e. The van der Waals surface area contributed by atoms with Gasteiger partial charge in [-0.25, -0.2) is 4.98 Å². The van der Waals surface area contributed by atoms with Crippen LogP contribution < -0.4 is 10.2 Å². The Balaban J connectivity index is 0.00000141. The number of ether oxygens (including phenoxy) is 1. The molecule has 1 aromatic heterocycles. The van der Waals surface area contributed by atoms with E-state index in [2.05, 4.69) is 27.3 Å². The van der Waals surface area contributed by atoms with Crippen molar-refractivity contribution in [3.63, 3.8) is 0 Å². The Kier molecular flexibility index (Phi) is 8.08. The number of benzene rings is 2. The van der Waals surface area contributed by atoms with Gasteiger partial charge in [-0.15, -0.1) is 0 Å². The average molecular weight is 433 g/mol. The van der Waals surface area contributed by atoms with Gasteiger partial charge >= 0.3 is 0 Å². The van der Waals surface area contributed by atoms with Gasteiger partial charge in [-0.3, -0.25) is 4.79 Å². The van der Waals surface area contributed by atoms with Crippen molar-refractivity contribution in [2.24, 2.45) is 0 Å². The fourth-order valence-electron chi connectivity index (χ4n) is 3.65. The number of hydrogen-bond acceptors (Lipinski definition) is 7. The number of hydrogen-bond donors (Lipinski definition) is 3. The average Bonchev–Trinajstić information content (AvgIpc) is 2.86. The molecule has 0 spiro atoms. The number of morpholine rings is 1. The highest BCUT2D eigenvalue weighted by Crippen LogP contribution is 2.32. The summed E-state index contributed by atoms with van der Waals surface area (Å²) in [5.41, 5.74) is 5.13. The number of anilines is 3. The monoisotopic (exact) mass is 432 g/mol. The quantitative estimate of drug-likeness (QED) is 0.400. The maximum Gasteiger partial charge on any atom is 0.168 e. The van der Waals surface area contributed by atoms with E-state index >= 15 is 0 Å². The van der Waals surface area contributed by atoms with Gasteiger partial charge in [0.05, 0.1) is 13.2 Å². The molecule has 3 aromatic rings. The molecule has 0 unspecified atom stereocenters. The molecule has 0 amide bonds. The first-order valence-corrected chi connectivity index (χ1v) is 10.4. The number of pyridine rings is 1. The number of para-hydroxylation sites is 1. The minimum atomic E-state index is 0.325. The molecule has 0 radical (unpaired) electrons. The van der Waals surface area contributed by atoms with E-state index in [-0.39, 0.29) is 0 Å². The van der Waals surface area contributed by atoms with Crippen LogP contribution in [0.25, 0.3) is 11.1 Å². The Bertz CT molecular complexity index is 1050. The van der Waals surface area contributed by atoms with Crippen LogP contribution in [0.5, 0.6) is 0 Å². The number of aliphatic hydroxyl groups is 1. The summed E-state index contributed by atoms with van der Waals surface area (Å²) < 4.78 is 5.43. The second-order valence-corrected chi connectivity index (χ2v) is 7.20. The molecular formula is C25H28N4O3. The minimum absolute atomic E-state index is 0.325. The molecule has 166 valence electrons. The molecule has 4 rings (SSSR count). The van der Waals surface area contributed by atoms with Gasteiger partial charge in [0.2, 0.25) is 0 Å². The molecule has 2 aromatic carbocycles. The summed E-state index contributed by atoms with van der Waals surface area (Å²) in [6.07, 6.45) is 0.741. The second kappa shape index (κ2) is 11.2. The fourth-order valence-corrected chi connectivity index (χ4v) is 3.65. The first-order valence-electron chi connectivity index (χ1n) is 10.4. The summed E-state index contributed by atoms with van der Waals surface area (Å²) in [4.78, 5) is 18.3. The maximum atomic E-state index is 11.6. The molecular weight excluding hydrogens is 404 g/mol. The van der Waals surface area contributed by atoms with Crippen LogP contribution in [0, 0.1) is 5.41 Å². The Morgan fingerprint density at radius 3 is 2.34 bits per heavy atom. The lowest BCUT2D eigenvalue weighted by atomic mass is 9.96. The van der Waals surface area contributed by atoms with E-state index in [9.17, 15) is 4.79 Å². The van der Waals surface area contributed by atoms with Crippen molar-refractivity contribution in [1.29, 1.82) is 5.41 Å². The number of nitrogens with zero attached hydrogens (tertiary/aromatic N) is 2. The summed E-state index contributed by atoms with van der Waals surface area (Å²) in [6, 6.07) is 19.6. The summed E-state index contributed by atoms with van der Waals surface area (Å²) in [6.45, 7) is 4.96. The summed E-state index contributed by atoms with van der Waals surface area (Å²) in [5, 5.41) is 18.6. The molecule has 32 heavy (non-hydrogen) atoms. The van der Waals surface area contributed by atoms with Crippen LogP contribution in [0.1, 0.15) is 23.0 Å². The molecule has 1 saturated heterocycles. The smallest absolute Gasteiger partial charge is 0.168 e. The highest BCUT2D eigenvalue weighted by molar-refractivity contribution is 6.07. The van der Waals surface area contributed by atoms with E-state index < -0.39 is 0 Å². The number of aliphatic hydroxyl groups excluding tert-OH is 1. The summed E-state index contributed by atoms with van der Waals surface area (Å²) >= 11 is 0. The zero-order valence-corrected chi connectivity index (χ0v) is 18.3. The number of aldehydes is 1. The van der Waals surface area contributed by atoms with Crippen molar-refractivity contribution in [3.05, 3.63) is 71.9 Å². The maximum absolute atomic E-state index is 11.6. The van der Waals surface area contributed by atoms with E-state index in [1.54, 1.807) is 13.0 Å². The predicted octanol–water partition coefficient (Wildman–Crippen LogP) is 4.14. The van der Waals surface area contributed by atoms with Gasteiger partial charge in [0.15, 0.2) is 6.29 Å². The van der Waals surface area contributed by atoms with Gasteiger partial charge in [0.25, 0.3) is 0 Å². The standard InChI is InChI=1S/C24H24N4O2.CH4O/c1-17(25)23-22(18-7-9-21(10-8-18)28-11-13-30-14-12-28)15-20(16-29)27-24(23)26-19-5-3-2-4-6-19;1-2/h2-10,15-16,25H,11-14H2,1H3,(H,26,27);2H,1H3. The van der Waals surface area contributed by atoms with Gasteiger partial charge in [0.1, 0.15) is 11.5 Å². The molecule has 1 aliphatic rings. The third-order valence-electron chi connectivity index (χ3n) is 5.13. The van der Waals surface area contributed by atoms with E-state index in [1.807, 2.05) is 42.5 Å². The van der Waals surface area contributed by atoms with Gasteiger partial charge in [-0.1, -0.05) is 30.3 Å². The third kappa shape index (κ3) is 5.38. The second-order valence-electron chi connectivity index (χ2n) is 7.20. The zero-order valence-electron chi connectivity index (χ0n) is 18.3. The Morgan fingerprint density at radius 1 is 1.09 bits per heavy atom. The third-order valence-corrected chi connectivity index (χ3v) is 5.13. The van der Waals surface area contributed by atoms with Crippen LogP contribution in [0.2, 0.25) is 0 Å². The highest BCUT2D eigenvalue weighted by Gasteiger charge is 2.17. The lowest BCUT2D eigenvalue weighted by Crippen LogP contribution is -2.36. The SMILES string of the molecule is CC(=N)c1c(-c2ccc(N3CCOCC3)cc2)cc(C=O)nc1Nc1ccccc1.CO. The van der Waals surface area contributed by atoms with Crippen molar-refractivity contribution in [2.75, 3.05) is 43.6 Å². The molecule has 0 bridgehead atoms. The number of rotatable bonds is 6. The summed E-state index contributed by atoms with van der Waals surface area (Å²) in [5.74, 6) is 0.505. The van der Waals surface area contributed by atoms with E-state index in [1.165, 1.54) is 0 Å². The van der Waals surface area contributed by atoms with Crippen LogP contribution >= 0.6 is 0 Å². The molecule has 7 heteroatoms. The molecule has 3 N–H and O–H groups in total. The molecule has 1 aliphatic heterocycles. The number of nitrogens with one attached hydrogen (secondary N) is 2. The number of carbonyl (C=O) groups excluding carboxylic acids is 1. The first kappa shape index (κ1) is 23.1. The Morgan fingerprint density at radius 2 is 1.75 bits per heavy atom. The summed E-state index contributed by atoms with van der Waals surface area (Å²) in [7, 11) is 1.00. The molecule has 7 nitrogen and oxygen atoms in total. The minimum Gasteiger partial charge on any atom is -0.400 e. The van der Waals surface area contributed by atoms with E-state index in [0.29, 0.717) is 22.8 Å². The van der Waals surface area contributed by atoms with Crippen molar-refractivity contribution in [3.8, 4) is 11.1 Å². The van der Waals surface area contributed by atoms with Crippen LogP contribution in [-0.4, -0.2) is 55.5 Å². The van der Waals surface area contributed by atoms with Crippen LogP contribution in [0.3, 0.4) is 0 Å². The van der Waals surface area contributed by atoms with Crippen LogP contribution in [0.4, 0.5) is 17.2 Å². The van der Waals surface area contributed by atoms with Gasteiger partial charge < -0.3 is 25.5 Å². The predicted molar refractivity (Wildman–Crippen MR) is 128 cm³/mol. The van der Waals surface area contributed by atoms with E-state index in [0.717, 1.165) is 62.2 Å². The van der Waals surface area contributed by atoms with Crippen molar-refractivity contribution in [2.45, 2.75) is 6.92 Å². The van der Waals surface area contributed by atoms with Gasteiger partial charge in [-0.2, -0.15) is 0 Å². The van der Waals surface area contributed by atoms with E-state index in [4.69, 9.17) is 15.3 Å². The zero-order chi connectivity index (χ0) is 22.9. The Hall–Kier alpha value is -3.55. The Labute approximate surface area is 188 Å². The normalized spacial score (nSPS) is 13.0. The fraction of sp³-hybridized carbons (Fsp3) is 0.240. The molecule has 2 heterocycles. The van der Waals surface area contributed by atoms with Crippen molar-refractivity contribution in [1.82, 2.24) is 4.98 Å². The number of carbonyl (C=O) groups is 1. The molecule has 0 atom stereocenters. The molecule has 0 aliphatic carbocycles. The number of aromatic nitrogens is 1. The van der Waals surface area contributed by atoms with Crippen molar-refractivity contribution < 1.29 is 14.6 Å². The van der Waals surface area contributed by atoms with Gasteiger partial charge in [-0.05, 0) is 48.4 Å². The molecule has 0 saturated carbocycles. The lowest BCUT2D eigenvalue weighted by molar-refractivity contribution is 0.111. The first-order chi connectivity index (χ1) is 15.7. The van der Waals surface area contributed by atoms with Crippen LogP contribution in [0.15, 0.2) is 60.7 Å². The van der Waals surface area contributed by atoms with Crippen LogP contribution in [-0.2, 0) is 4.74 Å².